The summed E-state index contributed by atoms with van der Waals surface area (Å²) in [5.74, 6) is -0.280. The maximum absolute atomic E-state index is 12.9. The number of aromatic nitrogens is 2. The number of nitrogens with zero attached hydrogens (tertiary/aromatic N) is 2. The average molecular weight is 355 g/mol. The zero-order chi connectivity index (χ0) is 13.8. The number of halogens is 3. The highest BCUT2D eigenvalue weighted by atomic mass is 79.9. The Morgan fingerprint density at radius 3 is 2.68 bits per heavy atom. The Kier molecular flexibility index (Phi) is 2.76. The minimum absolute atomic E-state index is 0.127. The molecule has 0 spiro atoms. The summed E-state index contributed by atoms with van der Waals surface area (Å²) >= 11 is 1.27. The molecule has 2 heterocycles. The maximum atomic E-state index is 12.9. The molecule has 19 heavy (non-hydrogen) atoms. The molecule has 0 fully saturated rings. The number of rotatable bonds is 2. The van der Waals surface area contributed by atoms with Crippen molar-refractivity contribution in [2.24, 2.45) is 0 Å². The molecule has 1 aliphatic heterocycles. The minimum atomic E-state index is -3.70. The van der Waals surface area contributed by atoms with Crippen molar-refractivity contribution in [1.82, 2.24) is 8.96 Å². The van der Waals surface area contributed by atoms with Crippen LogP contribution in [0.3, 0.4) is 0 Å². The van der Waals surface area contributed by atoms with Gasteiger partial charge in [0.2, 0.25) is 0 Å². The van der Waals surface area contributed by atoms with E-state index < -0.39 is 17.6 Å². The number of alkyl halides is 2. The van der Waals surface area contributed by atoms with Gasteiger partial charge in [-0.25, -0.2) is 13.2 Å². The molecule has 10 heteroatoms. The fraction of sp³-hybridized carbons (Fsp3) is 0.222. The largest absolute Gasteiger partial charge is 0.586 e. The summed E-state index contributed by atoms with van der Waals surface area (Å²) in [5, 5.41) is 0. The Balaban J connectivity index is 2.22. The maximum Gasteiger partial charge on any atom is 0.586 e. The van der Waals surface area contributed by atoms with Crippen LogP contribution in [0.15, 0.2) is 16.9 Å². The fourth-order valence-corrected chi connectivity index (χ4v) is 3.04. The van der Waals surface area contributed by atoms with Gasteiger partial charge in [-0.1, -0.05) is 0 Å². The van der Waals surface area contributed by atoms with E-state index in [4.69, 9.17) is 0 Å². The van der Waals surface area contributed by atoms with Crippen LogP contribution in [0.5, 0.6) is 11.5 Å². The first-order valence-corrected chi connectivity index (χ1v) is 6.68. The summed E-state index contributed by atoms with van der Waals surface area (Å²) in [4.78, 5) is 4.03. The quantitative estimate of drug-likeness (QED) is 0.827. The van der Waals surface area contributed by atoms with Crippen molar-refractivity contribution in [2.45, 2.75) is 6.29 Å². The van der Waals surface area contributed by atoms with Crippen LogP contribution < -0.4 is 9.47 Å². The molecule has 6 nitrogen and oxygen atoms in total. The molecule has 0 amide bonds. The van der Waals surface area contributed by atoms with Crippen molar-refractivity contribution < 1.29 is 26.6 Å². The second-order valence-corrected chi connectivity index (χ2v) is 5.36. The summed E-state index contributed by atoms with van der Waals surface area (Å²) in [6.45, 7) is 0. The van der Waals surface area contributed by atoms with Crippen LogP contribution in [0.1, 0.15) is 0 Å². The third kappa shape index (κ3) is 1.99. The van der Waals surface area contributed by atoms with Crippen LogP contribution in [0.25, 0.3) is 11.0 Å². The lowest BCUT2D eigenvalue weighted by molar-refractivity contribution is -0.286. The van der Waals surface area contributed by atoms with Crippen LogP contribution in [0.2, 0.25) is 0 Å². The van der Waals surface area contributed by atoms with E-state index in [0.717, 1.165) is 0 Å². The van der Waals surface area contributed by atoms with E-state index in [2.05, 4.69) is 34.6 Å². The summed E-state index contributed by atoms with van der Waals surface area (Å²) in [6, 6.07) is 2.54. The van der Waals surface area contributed by atoms with Crippen LogP contribution >= 0.6 is 15.9 Å². The summed E-state index contributed by atoms with van der Waals surface area (Å²) < 4.78 is 52.3. The Hall–Kier alpha value is -1.26. The molecular weight excluding hydrogens is 350 g/mol. The van der Waals surface area contributed by atoms with Gasteiger partial charge in [0.25, 0.3) is 11.3 Å². The SMILES string of the molecule is COS(=O)n1c(Br)nc2cc3c(cc21)OC(F)(F)O3. The van der Waals surface area contributed by atoms with Crippen molar-refractivity contribution in [1.29, 1.82) is 0 Å². The Morgan fingerprint density at radius 1 is 1.42 bits per heavy atom. The van der Waals surface area contributed by atoms with Gasteiger partial charge in [0.1, 0.15) is 0 Å². The van der Waals surface area contributed by atoms with Gasteiger partial charge < -0.3 is 9.47 Å². The van der Waals surface area contributed by atoms with Crippen LogP contribution in [0.4, 0.5) is 8.78 Å². The molecule has 0 radical (unpaired) electrons. The molecule has 0 saturated heterocycles. The fourth-order valence-electron chi connectivity index (χ4n) is 1.69. The van der Waals surface area contributed by atoms with Gasteiger partial charge in [0.15, 0.2) is 16.2 Å². The van der Waals surface area contributed by atoms with E-state index in [1.165, 1.54) is 23.2 Å². The molecule has 1 atom stereocenters. The van der Waals surface area contributed by atoms with E-state index >= 15 is 0 Å². The van der Waals surface area contributed by atoms with E-state index in [1.807, 2.05) is 0 Å². The predicted molar refractivity (Wildman–Crippen MR) is 64.2 cm³/mol. The lowest BCUT2D eigenvalue weighted by atomic mass is 10.3. The second kappa shape index (κ2) is 4.12. The molecule has 2 aromatic rings. The van der Waals surface area contributed by atoms with Gasteiger partial charge in [-0.2, -0.15) is 0 Å². The van der Waals surface area contributed by atoms with Crippen LogP contribution in [0, 0.1) is 0 Å². The molecule has 1 aromatic carbocycles. The lowest BCUT2D eigenvalue weighted by Gasteiger charge is -2.04. The van der Waals surface area contributed by atoms with E-state index in [0.29, 0.717) is 11.0 Å². The van der Waals surface area contributed by atoms with Crippen molar-refractivity contribution in [2.75, 3.05) is 7.11 Å². The van der Waals surface area contributed by atoms with Crippen molar-refractivity contribution in [3.63, 3.8) is 0 Å². The Bertz CT molecular complexity index is 705. The minimum Gasteiger partial charge on any atom is -0.395 e. The van der Waals surface area contributed by atoms with E-state index in [-0.39, 0.29) is 16.2 Å². The first kappa shape index (κ1) is 12.8. The average Bonchev–Trinajstić information content (AvgIpc) is 2.78. The van der Waals surface area contributed by atoms with Crippen LogP contribution in [-0.2, 0) is 15.4 Å². The highest BCUT2D eigenvalue weighted by Gasteiger charge is 2.44. The van der Waals surface area contributed by atoms with Gasteiger partial charge >= 0.3 is 6.29 Å². The predicted octanol–water partition coefficient (Wildman–Crippen LogP) is 2.19. The summed E-state index contributed by atoms with van der Waals surface area (Å²) in [7, 11) is 1.25. The molecule has 0 aliphatic carbocycles. The first-order chi connectivity index (χ1) is 8.91. The van der Waals surface area contributed by atoms with Gasteiger partial charge in [0.05, 0.1) is 18.1 Å². The van der Waals surface area contributed by atoms with Crippen LogP contribution in [-0.4, -0.2) is 26.6 Å². The van der Waals surface area contributed by atoms with Gasteiger partial charge in [-0.15, -0.1) is 8.78 Å². The Morgan fingerprint density at radius 2 is 2.05 bits per heavy atom. The highest BCUT2D eigenvalue weighted by Crippen LogP contribution is 2.43. The number of imidazole rings is 1. The monoisotopic (exact) mass is 354 g/mol. The molecular formula is C9H5BrF2N2O4S. The third-order valence-electron chi connectivity index (χ3n) is 2.39. The zero-order valence-electron chi connectivity index (χ0n) is 9.22. The van der Waals surface area contributed by atoms with Crippen molar-refractivity contribution in [3.05, 3.63) is 16.9 Å². The number of ether oxygens (including phenoxy) is 2. The number of benzene rings is 1. The standard InChI is InChI=1S/C9H5BrF2N2O4S/c1-16-19(15)14-5-3-7-6(17-9(11,12)18-7)2-4(5)13-8(14)10/h2-3H,1H3. The lowest BCUT2D eigenvalue weighted by Crippen LogP contribution is -2.25. The third-order valence-corrected chi connectivity index (χ3v) is 4.11. The first-order valence-electron chi connectivity index (χ1n) is 4.86. The molecule has 1 aromatic heterocycles. The van der Waals surface area contributed by atoms with E-state index in [9.17, 15) is 13.0 Å². The van der Waals surface area contributed by atoms with Crippen molar-refractivity contribution in [3.8, 4) is 11.5 Å². The molecule has 1 unspecified atom stereocenters. The molecule has 0 N–H and O–H groups in total. The smallest absolute Gasteiger partial charge is 0.395 e. The number of hydrogen-bond donors (Lipinski definition) is 0. The van der Waals surface area contributed by atoms with Crippen molar-refractivity contribution >= 4 is 38.2 Å². The van der Waals surface area contributed by atoms with Gasteiger partial charge in [-0.3, -0.25) is 4.18 Å². The molecule has 1 aliphatic rings. The normalized spacial score (nSPS) is 17.9. The molecule has 3 rings (SSSR count). The molecule has 0 bridgehead atoms. The van der Waals surface area contributed by atoms with E-state index in [1.54, 1.807) is 0 Å². The summed E-state index contributed by atoms with van der Waals surface area (Å²) in [6.07, 6.45) is -3.70. The molecule has 0 saturated carbocycles. The zero-order valence-corrected chi connectivity index (χ0v) is 11.6. The number of fused-ring (bicyclic) bond motifs is 2. The Labute approximate surface area is 116 Å². The van der Waals surface area contributed by atoms with Gasteiger partial charge in [-0.05, 0) is 15.9 Å². The molecule has 102 valence electrons. The second-order valence-electron chi connectivity index (χ2n) is 3.51. The topological polar surface area (TPSA) is 62.6 Å². The summed E-state index contributed by atoms with van der Waals surface area (Å²) in [5.41, 5.74) is 0.629. The van der Waals surface area contributed by atoms with Gasteiger partial charge in [0, 0.05) is 12.1 Å². The highest BCUT2D eigenvalue weighted by molar-refractivity contribution is 9.10. The number of hydrogen-bond acceptors (Lipinski definition) is 5.